The fourth-order valence-corrected chi connectivity index (χ4v) is 1.55. The van der Waals surface area contributed by atoms with Crippen LogP contribution in [0.3, 0.4) is 0 Å². The molecule has 3 heteroatoms. The van der Waals surface area contributed by atoms with Crippen molar-refractivity contribution in [3.8, 4) is 5.75 Å². The molecule has 1 fully saturated rings. The molecule has 0 bridgehead atoms. The van der Waals surface area contributed by atoms with Crippen LogP contribution in [0.1, 0.15) is 24.7 Å². The molecule has 0 saturated heterocycles. The molecule has 3 nitrogen and oxygen atoms in total. The lowest BCUT2D eigenvalue weighted by atomic mass is 10.3. The molecule has 0 amide bonds. The molecule has 0 aliphatic heterocycles. The molecule has 1 aliphatic carbocycles. The van der Waals surface area contributed by atoms with Gasteiger partial charge in [-0.2, -0.15) is 0 Å². The molecule has 1 aromatic heterocycles. The Labute approximate surface area is 81.7 Å². The highest BCUT2D eigenvalue weighted by Gasteiger charge is 2.28. The van der Waals surface area contributed by atoms with E-state index < -0.39 is 0 Å². The third-order valence-electron chi connectivity index (χ3n) is 2.54. The van der Waals surface area contributed by atoms with E-state index in [1.807, 2.05) is 18.2 Å². The summed E-state index contributed by atoms with van der Waals surface area (Å²) in [7, 11) is 1.65. The summed E-state index contributed by atoms with van der Waals surface area (Å²) in [5, 5.41) is 0. The Morgan fingerprint density at radius 3 is 3.00 bits per heavy atom. The van der Waals surface area contributed by atoms with Gasteiger partial charge in [-0.3, -0.25) is 0 Å². The van der Waals surface area contributed by atoms with Gasteiger partial charge in [0.2, 0.25) is 0 Å². The van der Waals surface area contributed by atoms with Gasteiger partial charge in [0, 0.05) is 12.0 Å². The van der Waals surface area contributed by atoms with E-state index in [0.29, 0.717) is 5.92 Å². The molecule has 72 valence electrons. The van der Waals surface area contributed by atoms with E-state index in [2.05, 4.69) is 4.98 Å². The smallest absolute Gasteiger partial charge is 0.198 e. The molecule has 1 aliphatic rings. The summed E-state index contributed by atoms with van der Waals surface area (Å²) in [6, 6.07) is 5.72. The highest BCUT2D eigenvalue weighted by molar-refractivity contribution is 5.74. The third-order valence-corrected chi connectivity index (χ3v) is 2.54. The quantitative estimate of drug-likeness (QED) is 0.728. The minimum Gasteiger partial charge on any atom is -0.497 e. The second-order valence-corrected chi connectivity index (χ2v) is 3.66. The van der Waals surface area contributed by atoms with Gasteiger partial charge in [0.1, 0.15) is 11.3 Å². The SMILES string of the molecule is COc1ccc2nc(C3CC3)oc2c1. The van der Waals surface area contributed by atoms with Gasteiger partial charge in [0.25, 0.3) is 0 Å². The summed E-state index contributed by atoms with van der Waals surface area (Å²) >= 11 is 0. The van der Waals surface area contributed by atoms with Crippen LogP contribution in [-0.2, 0) is 0 Å². The van der Waals surface area contributed by atoms with Crippen molar-refractivity contribution >= 4 is 11.1 Å². The number of oxazole rings is 1. The molecule has 0 spiro atoms. The molecule has 14 heavy (non-hydrogen) atoms. The Morgan fingerprint density at radius 1 is 1.43 bits per heavy atom. The van der Waals surface area contributed by atoms with Gasteiger partial charge in [0.15, 0.2) is 11.5 Å². The van der Waals surface area contributed by atoms with Crippen molar-refractivity contribution in [2.45, 2.75) is 18.8 Å². The van der Waals surface area contributed by atoms with Crippen molar-refractivity contribution in [1.82, 2.24) is 4.98 Å². The van der Waals surface area contributed by atoms with Crippen molar-refractivity contribution in [1.29, 1.82) is 0 Å². The fraction of sp³-hybridized carbons (Fsp3) is 0.364. The average molecular weight is 189 g/mol. The molecule has 2 aromatic rings. The summed E-state index contributed by atoms with van der Waals surface area (Å²) in [6.45, 7) is 0. The number of aromatic nitrogens is 1. The Balaban J connectivity index is 2.12. The van der Waals surface area contributed by atoms with Gasteiger partial charge < -0.3 is 9.15 Å². The molecule has 1 aromatic carbocycles. The van der Waals surface area contributed by atoms with Crippen LogP contribution in [0, 0.1) is 0 Å². The Bertz CT molecular complexity index is 471. The largest absolute Gasteiger partial charge is 0.497 e. The molecule has 0 radical (unpaired) electrons. The van der Waals surface area contributed by atoms with Crippen LogP contribution in [0.15, 0.2) is 22.6 Å². The van der Waals surface area contributed by atoms with Crippen LogP contribution >= 0.6 is 0 Å². The molecular weight excluding hydrogens is 178 g/mol. The first-order chi connectivity index (χ1) is 6.86. The van der Waals surface area contributed by atoms with Crippen LogP contribution in [0.25, 0.3) is 11.1 Å². The molecule has 0 unspecified atom stereocenters. The fourth-order valence-electron chi connectivity index (χ4n) is 1.55. The van der Waals surface area contributed by atoms with Crippen molar-refractivity contribution < 1.29 is 9.15 Å². The van der Waals surface area contributed by atoms with Gasteiger partial charge in [-0.15, -0.1) is 0 Å². The molecule has 1 saturated carbocycles. The highest BCUT2D eigenvalue weighted by Crippen LogP contribution is 2.40. The standard InChI is InChI=1S/C11H11NO2/c1-13-8-4-5-9-10(6-8)14-11(12-9)7-2-3-7/h4-7H,2-3H2,1H3. The molecule has 3 rings (SSSR count). The molecular formula is C11H11NO2. The zero-order valence-electron chi connectivity index (χ0n) is 7.99. The number of rotatable bonds is 2. The third kappa shape index (κ3) is 1.16. The zero-order valence-corrected chi connectivity index (χ0v) is 7.99. The maximum absolute atomic E-state index is 5.64. The van der Waals surface area contributed by atoms with E-state index >= 15 is 0 Å². The van der Waals surface area contributed by atoms with E-state index in [1.165, 1.54) is 12.8 Å². The topological polar surface area (TPSA) is 35.3 Å². The van der Waals surface area contributed by atoms with E-state index in [1.54, 1.807) is 7.11 Å². The zero-order chi connectivity index (χ0) is 9.54. The second kappa shape index (κ2) is 2.74. The van der Waals surface area contributed by atoms with Gasteiger partial charge >= 0.3 is 0 Å². The normalized spacial score (nSPS) is 16.1. The van der Waals surface area contributed by atoms with E-state index in [0.717, 1.165) is 22.7 Å². The first kappa shape index (κ1) is 7.85. The van der Waals surface area contributed by atoms with E-state index in [4.69, 9.17) is 9.15 Å². The number of hydrogen-bond donors (Lipinski definition) is 0. The van der Waals surface area contributed by atoms with Gasteiger partial charge in [0.05, 0.1) is 7.11 Å². The Morgan fingerprint density at radius 2 is 2.29 bits per heavy atom. The van der Waals surface area contributed by atoms with E-state index in [9.17, 15) is 0 Å². The summed E-state index contributed by atoms with van der Waals surface area (Å²) in [5.41, 5.74) is 1.75. The molecule has 1 heterocycles. The number of benzene rings is 1. The maximum Gasteiger partial charge on any atom is 0.198 e. The molecule has 0 atom stereocenters. The van der Waals surface area contributed by atoms with Gasteiger partial charge in [-0.25, -0.2) is 4.98 Å². The summed E-state index contributed by atoms with van der Waals surface area (Å²) in [6.07, 6.45) is 2.42. The first-order valence-electron chi connectivity index (χ1n) is 4.81. The number of hydrogen-bond acceptors (Lipinski definition) is 3. The summed E-state index contributed by atoms with van der Waals surface area (Å²) in [5.74, 6) is 2.26. The number of fused-ring (bicyclic) bond motifs is 1. The average Bonchev–Trinajstić information content (AvgIpc) is 2.97. The van der Waals surface area contributed by atoms with Crippen LogP contribution in [0.4, 0.5) is 0 Å². The van der Waals surface area contributed by atoms with Gasteiger partial charge in [-0.05, 0) is 25.0 Å². The lowest BCUT2D eigenvalue weighted by Crippen LogP contribution is -1.80. The number of ether oxygens (including phenoxy) is 1. The van der Waals surface area contributed by atoms with E-state index in [-0.39, 0.29) is 0 Å². The summed E-state index contributed by atoms with van der Waals surface area (Å²) < 4.78 is 10.8. The highest BCUT2D eigenvalue weighted by atomic mass is 16.5. The minimum absolute atomic E-state index is 0.563. The van der Waals surface area contributed by atoms with Crippen LogP contribution in [-0.4, -0.2) is 12.1 Å². The lowest BCUT2D eigenvalue weighted by Gasteiger charge is -1.95. The predicted molar refractivity (Wildman–Crippen MR) is 52.5 cm³/mol. The van der Waals surface area contributed by atoms with Crippen LogP contribution in [0.2, 0.25) is 0 Å². The van der Waals surface area contributed by atoms with Crippen molar-refractivity contribution in [2.24, 2.45) is 0 Å². The van der Waals surface area contributed by atoms with Crippen molar-refractivity contribution in [3.63, 3.8) is 0 Å². The minimum atomic E-state index is 0.563. The second-order valence-electron chi connectivity index (χ2n) is 3.66. The predicted octanol–water partition coefficient (Wildman–Crippen LogP) is 2.71. The lowest BCUT2D eigenvalue weighted by molar-refractivity contribution is 0.414. The monoisotopic (exact) mass is 189 g/mol. The maximum atomic E-state index is 5.64. The Hall–Kier alpha value is -1.51. The van der Waals surface area contributed by atoms with Crippen molar-refractivity contribution in [2.75, 3.05) is 7.11 Å². The molecule has 0 N–H and O–H groups in total. The Kier molecular flexibility index (Phi) is 1.54. The van der Waals surface area contributed by atoms with Crippen molar-refractivity contribution in [3.05, 3.63) is 24.1 Å². The van der Waals surface area contributed by atoms with Crippen LogP contribution < -0.4 is 4.74 Å². The van der Waals surface area contributed by atoms with Gasteiger partial charge in [-0.1, -0.05) is 0 Å². The number of nitrogens with zero attached hydrogens (tertiary/aromatic N) is 1. The first-order valence-corrected chi connectivity index (χ1v) is 4.81. The summed E-state index contributed by atoms with van der Waals surface area (Å²) in [4.78, 5) is 4.43. The number of methoxy groups -OCH3 is 1. The van der Waals surface area contributed by atoms with Crippen LogP contribution in [0.5, 0.6) is 5.75 Å².